The molecular formula is C14H18FNO2. The highest BCUT2D eigenvalue weighted by atomic mass is 19.1. The molecule has 1 saturated heterocycles. The predicted molar refractivity (Wildman–Crippen MR) is 67.0 cm³/mol. The number of carbonyl (C=O) groups excluding carboxylic acids is 1. The number of rotatable bonds is 2. The number of nitrogens with zero attached hydrogens (tertiary/aromatic N) is 1. The third-order valence-corrected chi connectivity index (χ3v) is 3.53. The predicted octanol–water partition coefficient (Wildman–Crippen LogP) is 2.04. The molecular weight excluding hydrogens is 233 g/mol. The number of likely N-dealkylation sites (tertiary alicyclic amines) is 1. The molecule has 3 nitrogen and oxygen atoms in total. The molecule has 98 valence electrons. The Morgan fingerprint density at radius 2 is 2.06 bits per heavy atom. The van der Waals surface area contributed by atoms with Crippen molar-refractivity contribution in [3.05, 3.63) is 34.6 Å². The van der Waals surface area contributed by atoms with Gasteiger partial charge in [0.15, 0.2) is 0 Å². The second-order valence-electron chi connectivity index (χ2n) is 4.90. The molecule has 1 amide bonds. The minimum Gasteiger partial charge on any atom is -0.394 e. The number of halogens is 1. The Bertz CT molecular complexity index is 450. The molecule has 18 heavy (non-hydrogen) atoms. The maximum Gasteiger partial charge on any atom is 0.254 e. The monoisotopic (exact) mass is 251 g/mol. The van der Waals surface area contributed by atoms with Crippen LogP contribution in [0.15, 0.2) is 12.1 Å². The van der Waals surface area contributed by atoms with Crippen molar-refractivity contribution in [3.8, 4) is 0 Å². The van der Waals surface area contributed by atoms with Gasteiger partial charge in [-0.25, -0.2) is 4.39 Å². The van der Waals surface area contributed by atoms with Crippen molar-refractivity contribution < 1.29 is 14.3 Å². The molecule has 1 aromatic rings. The van der Waals surface area contributed by atoms with Gasteiger partial charge in [-0.15, -0.1) is 0 Å². The van der Waals surface area contributed by atoms with Crippen LogP contribution in [0.3, 0.4) is 0 Å². The van der Waals surface area contributed by atoms with Gasteiger partial charge in [-0.2, -0.15) is 0 Å². The van der Waals surface area contributed by atoms with Crippen molar-refractivity contribution in [2.45, 2.75) is 32.7 Å². The van der Waals surface area contributed by atoms with E-state index in [0.717, 1.165) is 12.8 Å². The average Bonchev–Trinajstić information content (AvgIpc) is 2.82. The van der Waals surface area contributed by atoms with Crippen molar-refractivity contribution >= 4 is 5.91 Å². The molecule has 1 aliphatic rings. The van der Waals surface area contributed by atoms with Crippen molar-refractivity contribution in [1.82, 2.24) is 4.90 Å². The van der Waals surface area contributed by atoms with E-state index in [1.807, 2.05) is 0 Å². The van der Waals surface area contributed by atoms with Crippen LogP contribution in [0.25, 0.3) is 0 Å². The summed E-state index contributed by atoms with van der Waals surface area (Å²) < 4.78 is 13.5. The molecule has 0 unspecified atom stereocenters. The Labute approximate surface area is 106 Å². The van der Waals surface area contributed by atoms with E-state index in [4.69, 9.17) is 0 Å². The summed E-state index contributed by atoms with van der Waals surface area (Å²) in [6.45, 7) is 3.98. The number of carbonyl (C=O) groups is 1. The molecule has 1 aromatic carbocycles. The van der Waals surface area contributed by atoms with Gasteiger partial charge in [-0.3, -0.25) is 4.79 Å². The number of amides is 1. The normalized spacial score (nSPS) is 19.3. The fourth-order valence-electron chi connectivity index (χ4n) is 2.53. The molecule has 1 atom stereocenters. The van der Waals surface area contributed by atoms with Crippen LogP contribution in [0.5, 0.6) is 0 Å². The molecule has 2 rings (SSSR count). The highest BCUT2D eigenvalue weighted by Gasteiger charge is 2.29. The van der Waals surface area contributed by atoms with Crippen LogP contribution in [0.1, 0.15) is 34.3 Å². The van der Waals surface area contributed by atoms with Crippen LogP contribution in [-0.2, 0) is 0 Å². The van der Waals surface area contributed by atoms with Crippen molar-refractivity contribution in [2.75, 3.05) is 13.2 Å². The molecule has 0 bridgehead atoms. The zero-order valence-electron chi connectivity index (χ0n) is 10.7. The number of hydrogen-bond acceptors (Lipinski definition) is 2. The number of aliphatic hydroxyl groups is 1. The summed E-state index contributed by atoms with van der Waals surface area (Å²) in [4.78, 5) is 14.0. The van der Waals surface area contributed by atoms with E-state index < -0.39 is 0 Å². The van der Waals surface area contributed by atoms with Crippen molar-refractivity contribution in [3.63, 3.8) is 0 Å². The van der Waals surface area contributed by atoms with Gasteiger partial charge in [0.2, 0.25) is 0 Å². The Morgan fingerprint density at radius 3 is 2.61 bits per heavy atom. The summed E-state index contributed by atoms with van der Waals surface area (Å²) >= 11 is 0. The SMILES string of the molecule is Cc1cc(C(=O)N2CCC[C@@H]2CO)cc(C)c1F. The first kappa shape index (κ1) is 13.0. The van der Waals surface area contributed by atoms with E-state index in [0.29, 0.717) is 23.2 Å². The summed E-state index contributed by atoms with van der Waals surface area (Å²) in [5.41, 5.74) is 1.47. The summed E-state index contributed by atoms with van der Waals surface area (Å²) in [7, 11) is 0. The van der Waals surface area contributed by atoms with Gasteiger partial charge in [0.05, 0.1) is 12.6 Å². The van der Waals surface area contributed by atoms with Gasteiger partial charge >= 0.3 is 0 Å². The molecule has 1 N–H and O–H groups in total. The molecule has 0 radical (unpaired) electrons. The standard InChI is InChI=1S/C14H18FNO2/c1-9-6-11(7-10(2)13(9)15)14(18)16-5-3-4-12(16)8-17/h6-7,12,17H,3-5,8H2,1-2H3/t12-/m1/s1. The quantitative estimate of drug-likeness (QED) is 0.873. The van der Waals surface area contributed by atoms with Gasteiger partial charge in [0.1, 0.15) is 5.82 Å². The largest absolute Gasteiger partial charge is 0.394 e. The summed E-state index contributed by atoms with van der Waals surface area (Å²) in [6.07, 6.45) is 1.75. The lowest BCUT2D eigenvalue weighted by atomic mass is 10.1. The molecule has 0 aliphatic carbocycles. The molecule has 0 spiro atoms. The summed E-state index contributed by atoms with van der Waals surface area (Å²) in [5, 5.41) is 9.23. The van der Waals surface area contributed by atoms with Crippen LogP contribution < -0.4 is 0 Å². The first-order valence-electron chi connectivity index (χ1n) is 6.23. The van der Waals surface area contributed by atoms with E-state index in [1.54, 1.807) is 30.9 Å². The van der Waals surface area contributed by atoms with E-state index in [-0.39, 0.29) is 24.4 Å². The lowest BCUT2D eigenvalue weighted by Crippen LogP contribution is -2.37. The van der Waals surface area contributed by atoms with E-state index >= 15 is 0 Å². The highest BCUT2D eigenvalue weighted by molar-refractivity contribution is 5.95. The molecule has 1 fully saturated rings. The minimum atomic E-state index is -0.258. The molecule has 0 saturated carbocycles. The number of benzene rings is 1. The van der Waals surface area contributed by atoms with Crippen molar-refractivity contribution in [2.24, 2.45) is 0 Å². The number of aryl methyl sites for hydroxylation is 2. The van der Waals surface area contributed by atoms with Gasteiger partial charge < -0.3 is 10.0 Å². The average molecular weight is 251 g/mol. The summed E-state index contributed by atoms with van der Waals surface area (Å²) in [5.74, 6) is -0.371. The minimum absolute atomic E-state index is 0.00903. The first-order chi connectivity index (χ1) is 8.54. The molecule has 4 heteroatoms. The zero-order valence-corrected chi connectivity index (χ0v) is 10.7. The van der Waals surface area contributed by atoms with Crippen LogP contribution in [0.4, 0.5) is 4.39 Å². The fraction of sp³-hybridized carbons (Fsp3) is 0.500. The van der Waals surface area contributed by atoms with Gasteiger partial charge in [-0.1, -0.05) is 0 Å². The smallest absolute Gasteiger partial charge is 0.254 e. The second-order valence-corrected chi connectivity index (χ2v) is 4.90. The lowest BCUT2D eigenvalue weighted by Gasteiger charge is -2.23. The zero-order chi connectivity index (χ0) is 13.3. The third kappa shape index (κ3) is 2.25. The first-order valence-corrected chi connectivity index (χ1v) is 6.23. The van der Waals surface area contributed by atoms with Gasteiger partial charge in [-0.05, 0) is 49.9 Å². The van der Waals surface area contributed by atoms with Gasteiger partial charge in [0.25, 0.3) is 5.91 Å². The molecule has 1 aliphatic heterocycles. The second kappa shape index (κ2) is 5.06. The maximum atomic E-state index is 13.5. The number of aliphatic hydroxyl groups excluding tert-OH is 1. The number of hydrogen-bond donors (Lipinski definition) is 1. The Balaban J connectivity index is 2.29. The molecule has 0 aromatic heterocycles. The Morgan fingerprint density at radius 1 is 1.44 bits per heavy atom. The Kier molecular flexibility index (Phi) is 3.66. The van der Waals surface area contributed by atoms with Crippen LogP contribution >= 0.6 is 0 Å². The fourth-order valence-corrected chi connectivity index (χ4v) is 2.53. The lowest BCUT2D eigenvalue weighted by molar-refractivity contribution is 0.0677. The molecule has 1 heterocycles. The summed E-state index contributed by atoms with van der Waals surface area (Å²) in [6, 6.07) is 3.07. The van der Waals surface area contributed by atoms with E-state index in [1.165, 1.54) is 0 Å². The van der Waals surface area contributed by atoms with Crippen LogP contribution in [0.2, 0.25) is 0 Å². The van der Waals surface area contributed by atoms with Crippen LogP contribution in [-0.4, -0.2) is 35.1 Å². The van der Waals surface area contributed by atoms with E-state index in [2.05, 4.69) is 0 Å². The Hall–Kier alpha value is -1.42. The topological polar surface area (TPSA) is 40.5 Å². The highest BCUT2D eigenvalue weighted by Crippen LogP contribution is 2.22. The third-order valence-electron chi connectivity index (χ3n) is 3.53. The van der Waals surface area contributed by atoms with Gasteiger partial charge in [0, 0.05) is 12.1 Å². The van der Waals surface area contributed by atoms with E-state index in [9.17, 15) is 14.3 Å². The maximum absolute atomic E-state index is 13.5. The van der Waals surface area contributed by atoms with Crippen LogP contribution in [0, 0.1) is 19.7 Å². The van der Waals surface area contributed by atoms with Crippen molar-refractivity contribution in [1.29, 1.82) is 0 Å².